The molecule has 0 aliphatic carbocycles. The molecule has 0 amide bonds. The van der Waals surface area contributed by atoms with Gasteiger partial charge in [-0.3, -0.25) is 10.1 Å². The van der Waals surface area contributed by atoms with Gasteiger partial charge in [-0.15, -0.1) is 0 Å². The molecule has 0 fully saturated rings. The van der Waals surface area contributed by atoms with E-state index in [1.807, 2.05) is 13.2 Å². The summed E-state index contributed by atoms with van der Waals surface area (Å²) in [6.07, 6.45) is 1.86. The van der Waals surface area contributed by atoms with E-state index in [1.165, 1.54) is 30.0 Å². The summed E-state index contributed by atoms with van der Waals surface area (Å²) in [5, 5.41) is 31.9. The standard InChI is InChI=1S/C12H16N2O5S/c1-7(11(6-15)20-2)13-8-3-4-9(12(16)17)10(5-8)14(18)19/h3-5,7,11,13,15H,6H2,1-2H3,(H,16,17). The number of rotatable bonds is 7. The van der Waals surface area contributed by atoms with Gasteiger partial charge < -0.3 is 15.5 Å². The molecule has 2 unspecified atom stereocenters. The molecule has 1 aromatic rings. The molecule has 20 heavy (non-hydrogen) atoms. The fourth-order valence-corrected chi connectivity index (χ4v) is 2.37. The Morgan fingerprint density at radius 1 is 1.55 bits per heavy atom. The monoisotopic (exact) mass is 300 g/mol. The number of aliphatic hydroxyl groups is 1. The van der Waals surface area contributed by atoms with Crippen molar-refractivity contribution in [2.75, 3.05) is 18.2 Å². The van der Waals surface area contributed by atoms with Crippen LogP contribution >= 0.6 is 11.8 Å². The van der Waals surface area contributed by atoms with E-state index in [0.717, 1.165) is 0 Å². The topological polar surface area (TPSA) is 113 Å². The average Bonchev–Trinajstić information content (AvgIpc) is 2.39. The third-order valence-corrected chi connectivity index (χ3v) is 4.02. The van der Waals surface area contributed by atoms with Crippen LogP contribution in [0.4, 0.5) is 11.4 Å². The zero-order valence-corrected chi connectivity index (χ0v) is 11.9. The Balaban J connectivity index is 3.01. The van der Waals surface area contributed by atoms with Gasteiger partial charge in [-0.05, 0) is 25.3 Å². The second-order valence-electron chi connectivity index (χ2n) is 4.18. The van der Waals surface area contributed by atoms with E-state index >= 15 is 0 Å². The first kappa shape index (κ1) is 16.3. The van der Waals surface area contributed by atoms with E-state index in [1.54, 1.807) is 0 Å². The number of aromatic carboxylic acids is 1. The second kappa shape index (κ2) is 7.11. The van der Waals surface area contributed by atoms with Gasteiger partial charge in [-0.1, -0.05) is 0 Å². The molecular weight excluding hydrogens is 284 g/mol. The zero-order valence-electron chi connectivity index (χ0n) is 11.1. The van der Waals surface area contributed by atoms with Crippen molar-refractivity contribution in [3.8, 4) is 0 Å². The number of nitrogens with one attached hydrogen (secondary N) is 1. The lowest BCUT2D eigenvalue weighted by molar-refractivity contribution is -0.385. The molecule has 0 aliphatic heterocycles. The molecule has 0 aromatic heterocycles. The Kier molecular flexibility index (Phi) is 5.78. The number of hydrogen-bond acceptors (Lipinski definition) is 6. The molecule has 3 N–H and O–H groups in total. The molecule has 7 nitrogen and oxygen atoms in total. The molecule has 0 spiro atoms. The number of thioether (sulfide) groups is 1. The van der Waals surface area contributed by atoms with Gasteiger partial charge in [0, 0.05) is 23.0 Å². The smallest absolute Gasteiger partial charge is 0.342 e. The number of benzene rings is 1. The fraction of sp³-hybridized carbons (Fsp3) is 0.417. The van der Waals surface area contributed by atoms with Crippen LogP contribution in [-0.4, -0.2) is 45.3 Å². The Hall–Kier alpha value is -1.80. The molecule has 0 aliphatic rings. The van der Waals surface area contributed by atoms with Crippen LogP contribution in [0.25, 0.3) is 0 Å². The summed E-state index contributed by atoms with van der Waals surface area (Å²) in [5.41, 5.74) is -0.363. The van der Waals surface area contributed by atoms with Crippen molar-refractivity contribution in [2.45, 2.75) is 18.2 Å². The highest BCUT2D eigenvalue weighted by atomic mass is 32.2. The number of carboxylic acids is 1. The molecule has 1 rings (SSSR count). The van der Waals surface area contributed by atoms with Crippen molar-refractivity contribution in [3.63, 3.8) is 0 Å². The van der Waals surface area contributed by atoms with Crippen LogP contribution in [0, 0.1) is 10.1 Å². The molecule has 0 saturated carbocycles. The van der Waals surface area contributed by atoms with E-state index in [0.29, 0.717) is 5.69 Å². The minimum absolute atomic E-state index is 0.0232. The van der Waals surface area contributed by atoms with Crippen LogP contribution in [0.5, 0.6) is 0 Å². The Morgan fingerprint density at radius 2 is 2.20 bits per heavy atom. The highest BCUT2D eigenvalue weighted by Crippen LogP contribution is 2.25. The number of carbonyl (C=O) groups is 1. The molecule has 0 bridgehead atoms. The summed E-state index contributed by atoms with van der Waals surface area (Å²) in [6.45, 7) is 1.82. The summed E-state index contributed by atoms with van der Waals surface area (Å²) in [6, 6.07) is 3.74. The van der Waals surface area contributed by atoms with Gasteiger partial charge in [0.15, 0.2) is 0 Å². The van der Waals surface area contributed by atoms with E-state index in [2.05, 4.69) is 5.32 Å². The van der Waals surface area contributed by atoms with Crippen molar-refractivity contribution in [1.82, 2.24) is 0 Å². The zero-order chi connectivity index (χ0) is 15.3. The number of hydrogen-bond donors (Lipinski definition) is 3. The first-order chi connectivity index (χ1) is 9.40. The van der Waals surface area contributed by atoms with Crippen LogP contribution in [-0.2, 0) is 0 Å². The van der Waals surface area contributed by atoms with Gasteiger partial charge in [0.05, 0.1) is 11.5 Å². The molecule has 1 aromatic carbocycles. The lowest BCUT2D eigenvalue weighted by Gasteiger charge is -2.22. The maximum absolute atomic E-state index is 10.9. The van der Waals surface area contributed by atoms with Crippen LogP contribution in [0.3, 0.4) is 0 Å². The number of nitro groups is 1. The third-order valence-electron chi connectivity index (χ3n) is 2.86. The SMILES string of the molecule is CSC(CO)C(C)Nc1ccc(C(=O)O)c([N+](=O)[O-])c1. The molecule has 110 valence electrons. The first-order valence-corrected chi connectivity index (χ1v) is 7.11. The lowest BCUT2D eigenvalue weighted by Crippen LogP contribution is -2.30. The summed E-state index contributed by atoms with van der Waals surface area (Å²) in [4.78, 5) is 21.1. The number of aliphatic hydroxyl groups excluding tert-OH is 1. The van der Waals surface area contributed by atoms with E-state index < -0.39 is 16.6 Å². The lowest BCUT2D eigenvalue weighted by atomic mass is 10.1. The van der Waals surface area contributed by atoms with Crippen LogP contribution in [0.1, 0.15) is 17.3 Å². The summed E-state index contributed by atoms with van der Waals surface area (Å²) in [5.74, 6) is -1.34. The predicted molar refractivity (Wildman–Crippen MR) is 77.5 cm³/mol. The maximum atomic E-state index is 10.9. The van der Waals surface area contributed by atoms with Gasteiger partial charge in [-0.2, -0.15) is 11.8 Å². The Bertz CT molecular complexity index is 505. The summed E-state index contributed by atoms with van der Waals surface area (Å²) < 4.78 is 0. The van der Waals surface area contributed by atoms with Crippen molar-refractivity contribution < 1.29 is 19.9 Å². The number of nitro benzene ring substituents is 1. The largest absolute Gasteiger partial charge is 0.477 e. The van der Waals surface area contributed by atoms with Gasteiger partial charge in [0.2, 0.25) is 0 Å². The molecule has 8 heteroatoms. The number of anilines is 1. The minimum atomic E-state index is -1.34. The maximum Gasteiger partial charge on any atom is 0.342 e. The van der Waals surface area contributed by atoms with Gasteiger partial charge in [0.1, 0.15) is 5.56 Å². The van der Waals surface area contributed by atoms with Gasteiger partial charge >= 0.3 is 5.97 Å². The van der Waals surface area contributed by atoms with Crippen LogP contribution < -0.4 is 5.32 Å². The fourth-order valence-electron chi connectivity index (χ4n) is 1.75. The number of nitrogens with zero attached hydrogens (tertiary/aromatic N) is 1. The quantitative estimate of drug-likeness (QED) is 0.520. The molecule has 2 atom stereocenters. The molecular formula is C12H16N2O5S. The molecule has 0 heterocycles. The van der Waals surface area contributed by atoms with Gasteiger partial charge in [-0.25, -0.2) is 4.79 Å². The van der Waals surface area contributed by atoms with E-state index in [4.69, 9.17) is 5.11 Å². The third kappa shape index (κ3) is 3.84. The predicted octanol–water partition coefficient (Wildman–Crippen LogP) is 1.82. The number of carboxylic acid groups (broad SMARTS) is 1. The molecule has 0 radical (unpaired) electrons. The Morgan fingerprint density at radius 3 is 2.65 bits per heavy atom. The van der Waals surface area contributed by atoms with Crippen molar-refractivity contribution in [2.24, 2.45) is 0 Å². The van der Waals surface area contributed by atoms with E-state index in [9.17, 15) is 20.0 Å². The van der Waals surface area contributed by atoms with Crippen LogP contribution in [0.2, 0.25) is 0 Å². The summed E-state index contributed by atoms with van der Waals surface area (Å²) in [7, 11) is 0. The highest BCUT2D eigenvalue weighted by molar-refractivity contribution is 7.99. The molecule has 0 saturated heterocycles. The first-order valence-electron chi connectivity index (χ1n) is 5.82. The van der Waals surface area contributed by atoms with Gasteiger partial charge in [0.25, 0.3) is 5.69 Å². The normalized spacial score (nSPS) is 13.6. The van der Waals surface area contributed by atoms with Crippen molar-refractivity contribution >= 4 is 29.1 Å². The second-order valence-corrected chi connectivity index (χ2v) is 5.26. The van der Waals surface area contributed by atoms with Crippen molar-refractivity contribution in [1.29, 1.82) is 0 Å². The Labute approximate surface area is 120 Å². The van der Waals surface area contributed by atoms with Crippen molar-refractivity contribution in [3.05, 3.63) is 33.9 Å². The average molecular weight is 300 g/mol. The summed E-state index contributed by atoms with van der Waals surface area (Å²) >= 11 is 1.48. The van der Waals surface area contributed by atoms with Crippen LogP contribution in [0.15, 0.2) is 18.2 Å². The minimum Gasteiger partial charge on any atom is -0.477 e. The van der Waals surface area contributed by atoms with E-state index in [-0.39, 0.29) is 23.5 Å². The highest BCUT2D eigenvalue weighted by Gasteiger charge is 2.21.